The third kappa shape index (κ3) is 3.32. The summed E-state index contributed by atoms with van der Waals surface area (Å²) in [6.45, 7) is 3.39. The van der Waals surface area contributed by atoms with Crippen molar-refractivity contribution in [3.8, 4) is 0 Å². The largest absolute Gasteiger partial charge is 0.373 e. The van der Waals surface area contributed by atoms with Crippen molar-refractivity contribution in [3.05, 3.63) is 12.4 Å². The Morgan fingerprint density at radius 1 is 1.33 bits per heavy atom. The molecule has 5 heteroatoms. The highest BCUT2D eigenvalue weighted by molar-refractivity contribution is 5.48. The Kier molecular flexibility index (Phi) is 4.36. The predicted molar refractivity (Wildman–Crippen MR) is 75.1 cm³/mol. The van der Waals surface area contributed by atoms with E-state index in [0.717, 1.165) is 30.6 Å². The van der Waals surface area contributed by atoms with Crippen LogP contribution < -0.4 is 10.2 Å². The Balaban J connectivity index is 1.92. The van der Waals surface area contributed by atoms with Crippen LogP contribution in [0.3, 0.4) is 0 Å². The zero-order valence-corrected chi connectivity index (χ0v) is 11.6. The molecule has 0 spiro atoms. The number of anilines is 2. The summed E-state index contributed by atoms with van der Waals surface area (Å²) in [4.78, 5) is 13.2. The highest BCUT2D eigenvalue weighted by Gasteiger charge is 2.20. The maximum Gasteiger partial charge on any atom is 0.134 e. The Hall–Kier alpha value is -1.36. The Morgan fingerprint density at radius 2 is 2.06 bits per heavy atom. The summed E-state index contributed by atoms with van der Waals surface area (Å²) in [5.41, 5.74) is 0. The molecule has 1 fully saturated rings. The smallest absolute Gasteiger partial charge is 0.134 e. The molecule has 0 radical (unpaired) electrons. The van der Waals surface area contributed by atoms with Crippen LogP contribution in [0.25, 0.3) is 0 Å². The molecule has 0 atom stereocenters. The highest BCUT2D eigenvalue weighted by Crippen LogP contribution is 2.22. The highest BCUT2D eigenvalue weighted by atomic mass is 15.2. The molecule has 1 saturated heterocycles. The molecule has 100 valence electrons. The third-order valence-corrected chi connectivity index (χ3v) is 3.47. The van der Waals surface area contributed by atoms with Gasteiger partial charge in [0.2, 0.25) is 0 Å². The number of nitrogens with zero attached hydrogens (tertiary/aromatic N) is 4. The van der Waals surface area contributed by atoms with E-state index in [1.165, 1.54) is 19.4 Å². The summed E-state index contributed by atoms with van der Waals surface area (Å²) in [6.07, 6.45) is 4.13. The minimum absolute atomic E-state index is 0.821. The monoisotopic (exact) mass is 249 g/mol. The van der Waals surface area contributed by atoms with Crippen molar-refractivity contribution in [2.24, 2.45) is 5.92 Å². The summed E-state index contributed by atoms with van der Waals surface area (Å²) >= 11 is 0. The number of hydrogen-bond acceptors (Lipinski definition) is 5. The molecule has 0 aliphatic carbocycles. The van der Waals surface area contributed by atoms with Gasteiger partial charge in [-0.25, -0.2) is 9.97 Å². The third-order valence-electron chi connectivity index (χ3n) is 3.47. The average molecular weight is 249 g/mol. The minimum atomic E-state index is 0.821. The van der Waals surface area contributed by atoms with Crippen LogP contribution in [0, 0.1) is 5.92 Å². The molecule has 0 amide bonds. The van der Waals surface area contributed by atoms with Gasteiger partial charge in [-0.2, -0.15) is 0 Å². The van der Waals surface area contributed by atoms with E-state index < -0.39 is 0 Å². The van der Waals surface area contributed by atoms with Crippen molar-refractivity contribution >= 4 is 11.6 Å². The van der Waals surface area contributed by atoms with Crippen LogP contribution in [0.4, 0.5) is 11.6 Å². The van der Waals surface area contributed by atoms with Crippen LogP contribution in [-0.4, -0.2) is 55.6 Å². The molecule has 0 saturated carbocycles. The molecule has 5 nitrogen and oxygen atoms in total. The summed E-state index contributed by atoms with van der Waals surface area (Å²) < 4.78 is 0. The number of hydrogen-bond donors (Lipinski definition) is 1. The normalized spacial score (nSPS) is 17.2. The Morgan fingerprint density at radius 3 is 2.67 bits per heavy atom. The van der Waals surface area contributed by atoms with Crippen LogP contribution in [0.2, 0.25) is 0 Å². The van der Waals surface area contributed by atoms with Crippen molar-refractivity contribution in [1.82, 2.24) is 14.9 Å². The SMILES string of the molecule is CNc1cc(N2CCC(CN(C)C)CC2)ncn1. The molecule has 1 N–H and O–H groups in total. The fraction of sp³-hybridized carbons (Fsp3) is 0.692. The number of aromatic nitrogens is 2. The van der Waals surface area contributed by atoms with E-state index in [-0.39, 0.29) is 0 Å². The second-order valence-corrected chi connectivity index (χ2v) is 5.20. The first-order valence-corrected chi connectivity index (χ1v) is 6.58. The molecular weight excluding hydrogens is 226 g/mol. The van der Waals surface area contributed by atoms with E-state index in [1.54, 1.807) is 6.33 Å². The topological polar surface area (TPSA) is 44.3 Å². The van der Waals surface area contributed by atoms with Crippen LogP contribution in [-0.2, 0) is 0 Å². The molecule has 2 heterocycles. The van der Waals surface area contributed by atoms with Gasteiger partial charge in [0, 0.05) is 32.7 Å². The molecule has 1 aromatic heterocycles. The van der Waals surface area contributed by atoms with Crippen LogP contribution >= 0.6 is 0 Å². The Labute approximate surface area is 109 Å². The van der Waals surface area contributed by atoms with Gasteiger partial charge >= 0.3 is 0 Å². The molecule has 18 heavy (non-hydrogen) atoms. The fourth-order valence-electron chi connectivity index (χ4n) is 2.52. The fourth-order valence-corrected chi connectivity index (χ4v) is 2.52. The number of piperidine rings is 1. The predicted octanol–water partition coefficient (Wildman–Crippen LogP) is 1.30. The van der Waals surface area contributed by atoms with Crippen LogP contribution in [0.5, 0.6) is 0 Å². The minimum Gasteiger partial charge on any atom is -0.373 e. The second kappa shape index (κ2) is 6.00. The van der Waals surface area contributed by atoms with Crippen LogP contribution in [0.15, 0.2) is 12.4 Å². The molecule has 0 bridgehead atoms. The van der Waals surface area contributed by atoms with E-state index in [1.807, 2.05) is 13.1 Å². The maximum absolute atomic E-state index is 4.36. The molecule has 1 aliphatic rings. The van der Waals surface area contributed by atoms with E-state index in [2.05, 4.69) is 39.2 Å². The first-order chi connectivity index (χ1) is 8.69. The summed E-state index contributed by atoms with van der Waals surface area (Å²) in [5, 5.41) is 3.06. The molecular formula is C13H23N5. The van der Waals surface area contributed by atoms with Gasteiger partial charge in [0.25, 0.3) is 0 Å². The van der Waals surface area contributed by atoms with E-state index in [0.29, 0.717) is 0 Å². The quantitative estimate of drug-likeness (QED) is 0.871. The van der Waals surface area contributed by atoms with Crippen LogP contribution in [0.1, 0.15) is 12.8 Å². The second-order valence-electron chi connectivity index (χ2n) is 5.20. The average Bonchev–Trinajstić information content (AvgIpc) is 2.39. The molecule has 0 aromatic carbocycles. The standard InChI is InChI=1S/C13H23N5/c1-14-12-8-13(16-10-15-12)18-6-4-11(5-7-18)9-17(2)3/h8,10-11H,4-7,9H2,1-3H3,(H,14,15,16). The lowest BCUT2D eigenvalue weighted by atomic mass is 9.96. The van der Waals surface area contributed by atoms with Crippen molar-refractivity contribution in [2.75, 3.05) is 51.0 Å². The van der Waals surface area contributed by atoms with E-state index >= 15 is 0 Å². The van der Waals surface area contributed by atoms with E-state index in [9.17, 15) is 0 Å². The van der Waals surface area contributed by atoms with Gasteiger partial charge in [-0.05, 0) is 32.9 Å². The van der Waals surface area contributed by atoms with Gasteiger partial charge in [-0.3, -0.25) is 0 Å². The number of nitrogens with one attached hydrogen (secondary N) is 1. The Bertz CT molecular complexity index is 371. The van der Waals surface area contributed by atoms with Gasteiger partial charge < -0.3 is 15.1 Å². The summed E-state index contributed by atoms with van der Waals surface area (Å²) in [6, 6.07) is 2.02. The maximum atomic E-state index is 4.36. The van der Waals surface area contributed by atoms with Crippen molar-refractivity contribution < 1.29 is 0 Å². The lowest BCUT2D eigenvalue weighted by Gasteiger charge is -2.33. The zero-order valence-electron chi connectivity index (χ0n) is 11.6. The zero-order chi connectivity index (χ0) is 13.0. The van der Waals surface area contributed by atoms with Crippen molar-refractivity contribution in [3.63, 3.8) is 0 Å². The lowest BCUT2D eigenvalue weighted by Crippen LogP contribution is -2.37. The summed E-state index contributed by atoms with van der Waals surface area (Å²) in [7, 11) is 6.18. The van der Waals surface area contributed by atoms with E-state index in [4.69, 9.17) is 0 Å². The molecule has 0 unspecified atom stereocenters. The van der Waals surface area contributed by atoms with Gasteiger partial charge in [0.1, 0.15) is 18.0 Å². The molecule has 2 rings (SSSR count). The first-order valence-electron chi connectivity index (χ1n) is 6.58. The van der Waals surface area contributed by atoms with Crippen molar-refractivity contribution in [1.29, 1.82) is 0 Å². The first kappa shape index (κ1) is 13.1. The van der Waals surface area contributed by atoms with Gasteiger partial charge in [0.05, 0.1) is 0 Å². The van der Waals surface area contributed by atoms with Gasteiger partial charge in [0.15, 0.2) is 0 Å². The van der Waals surface area contributed by atoms with Gasteiger partial charge in [-0.15, -0.1) is 0 Å². The summed E-state index contributed by atoms with van der Waals surface area (Å²) in [5.74, 6) is 2.75. The molecule has 1 aromatic rings. The van der Waals surface area contributed by atoms with Gasteiger partial charge in [-0.1, -0.05) is 0 Å². The van der Waals surface area contributed by atoms with Crippen molar-refractivity contribution in [2.45, 2.75) is 12.8 Å². The lowest BCUT2D eigenvalue weighted by molar-refractivity contribution is 0.284. The molecule has 1 aliphatic heterocycles. The number of rotatable bonds is 4.